The van der Waals surface area contributed by atoms with Crippen LogP contribution in [0.2, 0.25) is 8.94 Å². The van der Waals surface area contributed by atoms with Crippen LogP contribution < -0.4 is 0 Å². The first-order chi connectivity index (χ1) is 3.84. The average Bonchev–Trinajstić information content (AvgIpc) is 2.14. The number of carbonyl (C=O) groups excluding carboxylic acids is 1. The number of hydrogen-bond donors (Lipinski definition) is 0. The molecule has 0 saturated carbocycles. The Labute approximate surface area is 58.7 Å². The van der Waals surface area contributed by atoms with Crippen LogP contribution in [0.3, 0.4) is 0 Å². The topological polar surface area (TPSA) is 26.3 Å². The Bertz CT molecular complexity index is 103. The number of hydrogen-bond acceptors (Lipinski definition) is 2. The molecule has 0 N–H and O–H groups in total. The summed E-state index contributed by atoms with van der Waals surface area (Å²) in [6.07, 6.45) is 0.984. The van der Waals surface area contributed by atoms with E-state index in [4.69, 9.17) is 4.74 Å². The van der Waals surface area contributed by atoms with E-state index in [1.165, 1.54) is 0 Å². The van der Waals surface area contributed by atoms with Gasteiger partial charge in [-0.2, -0.15) is 0 Å². The van der Waals surface area contributed by atoms with Crippen molar-refractivity contribution in [2.45, 2.75) is 15.4 Å². The van der Waals surface area contributed by atoms with Gasteiger partial charge in [0.2, 0.25) is 0 Å². The Morgan fingerprint density at radius 2 is 2.62 bits per heavy atom. The molecule has 8 heavy (non-hydrogen) atoms. The summed E-state index contributed by atoms with van der Waals surface area (Å²) in [5, 5.41) is 0. The average molecular weight is 228 g/mol. The van der Waals surface area contributed by atoms with Crippen molar-refractivity contribution in [3.05, 3.63) is 0 Å². The molecule has 0 bridgehead atoms. The molecule has 1 atom stereocenters. The van der Waals surface area contributed by atoms with Crippen molar-refractivity contribution in [3.63, 3.8) is 0 Å². The van der Waals surface area contributed by atoms with E-state index in [0.717, 1.165) is 6.42 Å². The molecule has 1 aliphatic rings. The summed E-state index contributed by atoms with van der Waals surface area (Å²) >= 11 is -0.0637. The van der Waals surface area contributed by atoms with Gasteiger partial charge in [0.25, 0.3) is 0 Å². The number of carbonyl (C=O) groups is 1. The van der Waals surface area contributed by atoms with Gasteiger partial charge in [0.05, 0.1) is 0 Å². The second kappa shape index (κ2) is 2.70. The van der Waals surface area contributed by atoms with Gasteiger partial charge in [0, 0.05) is 0 Å². The molecule has 46 valence electrons. The number of rotatable bonds is 1. The van der Waals surface area contributed by atoms with E-state index in [9.17, 15) is 4.79 Å². The van der Waals surface area contributed by atoms with Gasteiger partial charge in [-0.15, -0.1) is 0 Å². The van der Waals surface area contributed by atoms with Crippen LogP contribution in [0.1, 0.15) is 6.42 Å². The van der Waals surface area contributed by atoms with Crippen LogP contribution in [0.25, 0.3) is 0 Å². The zero-order valence-corrected chi connectivity index (χ0v) is 7.05. The van der Waals surface area contributed by atoms with E-state index in [2.05, 4.69) is 4.97 Å². The molecule has 0 aliphatic carbocycles. The molecule has 1 fully saturated rings. The van der Waals surface area contributed by atoms with Gasteiger partial charge < -0.3 is 0 Å². The summed E-state index contributed by atoms with van der Waals surface area (Å²) in [6.45, 7) is 0.669. The van der Waals surface area contributed by atoms with Crippen molar-refractivity contribution in [1.29, 1.82) is 0 Å². The first kappa shape index (κ1) is 6.38. The predicted octanol–water partition coefficient (Wildman–Crippen LogP) is 0.474. The van der Waals surface area contributed by atoms with Crippen LogP contribution in [-0.4, -0.2) is 33.5 Å². The molecule has 0 aromatic carbocycles. The minimum absolute atomic E-state index is 0.0508. The summed E-state index contributed by atoms with van der Waals surface area (Å²) in [6, 6.07) is 0. The molecular weight excluding hydrogens is 220 g/mol. The van der Waals surface area contributed by atoms with Gasteiger partial charge in [-0.3, -0.25) is 0 Å². The molecule has 2 nitrogen and oxygen atoms in total. The van der Waals surface area contributed by atoms with E-state index >= 15 is 0 Å². The predicted molar refractivity (Wildman–Crippen MR) is 30.9 cm³/mol. The Hall–Kier alpha value is 0.260. The monoisotopic (exact) mass is 230 g/mol. The quantitative estimate of drug-likeness (QED) is 0.481. The third kappa shape index (κ3) is 1.15. The molecule has 0 spiro atoms. The van der Waals surface area contributed by atoms with Crippen molar-refractivity contribution >= 4 is 26.9 Å². The summed E-state index contributed by atoms with van der Waals surface area (Å²) in [4.78, 5) is 12.8. The van der Waals surface area contributed by atoms with E-state index in [0.29, 0.717) is 10.6 Å². The zero-order chi connectivity index (χ0) is 5.98. The van der Waals surface area contributed by atoms with E-state index < -0.39 is 0 Å². The van der Waals surface area contributed by atoms with Crippen LogP contribution >= 0.6 is 0 Å². The van der Waals surface area contributed by atoms with Gasteiger partial charge in [0.1, 0.15) is 0 Å². The van der Waals surface area contributed by atoms with Crippen molar-refractivity contribution in [1.82, 2.24) is 0 Å². The van der Waals surface area contributed by atoms with Crippen LogP contribution in [0.4, 0.5) is 0 Å². The summed E-state index contributed by atoms with van der Waals surface area (Å²) in [5.41, 5.74) is 0. The van der Waals surface area contributed by atoms with E-state index in [1.807, 2.05) is 0 Å². The Balaban J connectivity index is 2.42. The van der Waals surface area contributed by atoms with Gasteiger partial charge >= 0.3 is 58.4 Å². The Kier molecular flexibility index (Phi) is 2.16. The van der Waals surface area contributed by atoms with Crippen molar-refractivity contribution in [2.24, 2.45) is 0 Å². The van der Waals surface area contributed by atoms with Crippen LogP contribution in [0.5, 0.6) is 0 Å². The van der Waals surface area contributed by atoms with E-state index in [1.54, 1.807) is 0 Å². The molecule has 1 aliphatic heterocycles. The molecule has 1 unspecified atom stereocenters. The van der Waals surface area contributed by atoms with Crippen molar-refractivity contribution in [2.75, 3.05) is 6.61 Å². The normalized spacial score (nSPS) is 28.1. The van der Waals surface area contributed by atoms with Gasteiger partial charge in [-0.25, -0.2) is 0 Å². The van der Waals surface area contributed by atoms with Gasteiger partial charge in [-0.05, 0) is 0 Å². The van der Waals surface area contributed by atoms with Gasteiger partial charge in [-0.1, -0.05) is 0 Å². The fourth-order valence-corrected chi connectivity index (χ4v) is 2.38. The molecule has 1 saturated heterocycles. The molecular formula is C5H8O2Te. The Morgan fingerprint density at radius 1 is 1.88 bits per heavy atom. The van der Waals surface area contributed by atoms with Crippen LogP contribution in [0.15, 0.2) is 0 Å². The maximum absolute atomic E-state index is 10.6. The molecule has 1 rings (SSSR count). The van der Waals surface area contributed by atoms with Crippen LogP contribution in [0, 0.1) is 0 Å². The third-order valence-electron chi connectivity index (χ3n) is 1.17. The fourth-order valence-electron chi connectivity index (χ4n) is 0.691. The zero-order valence-electron chi connectivity index (χ0n) is 4.72. The fraction of sp³-hybridized carbons (Fsp3) is 0.800. The molecule has 1 heterocycles. The Morgan fingerprint density at radius 3 is 2.88 bits per heavy atom. The van der Waals surface area contributed by atoms with Crippen molar-refractivity contribution < 1.29 is 9.53 Å². The molecule has 3 heteroatoms. The first-order valence-electron chi connectivity index (χ1n) is 2.54. The number of esters is 1. The molecule has 0 aromatic heterocycles. The standard InChI is InChI=1S/C5H8O2Te/c1-8-4-2-3-7-5(4)6/h4H,2-3H2,1H3. The summed E-state index contributed by atoms with van der Waals surface area (Å²) in [5.74, 6) is 0.0508. The number of cyclic esters (lactones) is 1. The third-order valence-corrected chi connectivity index (χ3v) is 4.02. The second-order valence-electron chi connectivity index (χ2n) is 1.68. The first-order valence-corrected chi connectivity index (χ1v) is 6.21. The molecule has 0 amide bonds. The van der Waals surface area contributed by atoms with Crippen molar-refractivity contribution in [3.8, 4) is 0 Å². The summed E-state index contributed by atoms with van der Waals surface area (Å²) in [7, 11) is 0. The van der Waals surface area contributed by atoms with E-state index in [-0.39, 0.29) is 26.9 Å². The SMILES string of the molecule is C[Te]C1CCOC1=O. The molecule has 0 radical (unpaired) electrons. The molecule has 0 aromatic rings. The van der Waals surface area contributed by atoms with Crippen LogP contribution in [-0.2, 0) is 9.53 Å². The summed E-state index contributed by atoms with van der Waals surface area (Å²) < 4.78 is 5.08. The second-order valence-corrected chi connectivity index (χ2v) is 4.65. The maximum atomic E-state index is 10.6. The number of ether oxygens (including phenoxy) is 1. The van der Waals surface area contributed by atoms with Gasteiger partial charge in [0.15, 0.2) is 0 Å². The minimum atomic E-state index is -0.0637.